The Balaban J connectivity index is 1.78. The van der Waals surface area contributed by atoms with Crippen molar-refractivity contribution in [3.63, 3.8) is 0 Å². The lowest BCUT2D eigenvalue weighted by Crippen LogP contribution is -2.25. The van der Waals surface area contributed by atoms with E-state index in [0.717, 1.165) is 17.4 Å². The number of nitrogens with one attached hydrogen (secondary N) is 1. The number of hydrogen-bond acceptors (Lipinski definition) is 4. The van der Waals surface area contributed by atoms with Gasteiger partial charge in [0.05, 0.1) is 23.3 Å². The van der Waals surface area contributed by atoms with Crippen molar-refractivity contribution in [2.75, 3.05) is 13.7 Å². The number of aryl methyl sites for hydroxylation is 1. The maximum atomic E-state index is 12.0. The number of benzene rings is 1. The molecule has 0 aliphatic rings. The number of ether oxygens (including phenoxy) is 1. The summed E-state index contributed by atoms with van der Waals surface area (Å²) in [5.41, 5.74) is 0.929. The molecule has 0 aliphatic carbocycles. The Hall–Kier alpha value is -2.15. The van der Waals surface area contributed by atoms with E-state index < -0.39 is 5.97 Å². The van der Waals surface area contributed by atoms with Crippen LogP contribution in [0, 0.1) is 0 Å². The van der Waals surface area contributed by atoms with E-state index in [1.165, 1.54) is 7.11 Å². The molecule has 0 saturated carbocycles. The van der Waals surface area contributed by atoms with Gasteiger partial charge in [-0.25, -0.2) is 4.79 Å². The van der Waals surface area contributed by atoms with Crippen LogP contribution in [0.15, 0.2) is 41.1 Å². The minimum atomic E-state index is -0.419. The van der Waals surface area contributed by atoms with Crippen molar-refractivity contribution in [2.45, 2.75) is 13.0 Å². The summed E-state index contributed by atoms with van der Waals surface area (Å²) in [6, 6.07) is 6.35. The molecule has 1 aromatic carbocycles. The van der Waals surface area contributed by atoms with Gasteiger partial charge < -0.3 is 10.1 Å². The first kappa shape index (κ1) is 16.2. The average Bonchev–Trinajstić information content (AvgIpc) is 2.96. The zero-order valence-corrected chi connectivity index (χ0v) is 13.7. The molecule has 1 amide bonds. The van der Waals surface area contributed by atoms with Crippen LogP contribution >= 0.6 is 15.9 Å². The summed E-state index contributed by atoms with van der Waals surface area (Å²) in [5.74, 6) is -0.588. The highest BCUT2D eigenvalue weighted by Crippen LogP contribution is 2.07. The second-order valence-corrected chi connectivity index (χ2v) is 5.52. The largest absolute Gasteiger partial charge is 0.465 e. The molecular weight excluding hydrogens is 350 g/mol. The summed E-state index contributed by atoms with van der Waals surface area (Å²) in [6.07, 6.45) is 4.38. The summed E-state index contributed by atoms with van der Waals surface area (Å²) >= 11 is 3.33. The lowest BCUT2D eigenvalue weighted by atomic mass is 10.1. The molecule has 6 nitrogen and oxygen atoms in total. The smallest absolute Gasteiger partial charge is 0.337 e. The molecule has 7 heteroatoms. The van der Waals surface area contributed by atoms with Crippen LogP contribution in [0.1, 0.15) is 27.1 Å². The van der Waals surface area contributed by atoms with Gasteiger partial charge in [0.25, 0.3) is 5.91 Å². The van der Waals surface area contributed by atoms with Crippen LogP contribution in [0.2, 0.25) is 0 Å². The lowest BCUT2D eigenvalue weighted by Gasteiger charge is -2.06. The van der Waals surface area contributed by atoms with E-state index in [2.05, 4.69) is 31.1 Å². The number of carbonyl (C=O) groups is 2. The summed E-state index contributed by atoms with van der Waals surface area (Å²) in [4.78, 5) is 23.3. The van der Waals surface area contributed by atoms with E-state index in [4.69, 9.17) is 0 Å². The summed E-state index contributed by atoms with van der Waals surface area (Å²) < 4.78 is 7.35. The van der Waals surface area contributed by atoms with Crippen molar-refractivity contribution in [1.29, 1.82) is 0 Å². The molecule has 116 valence electrons. The first-order chi connectivity index (χ1) is 10.6. The van der Waals surface area contributed by atoms with Gasteiger partial charge >= 0.3 is 5.97 Å². The molecule has 0 radical (unpaired) electrons. The maximum Gasteiger partial charge on any atom is 0.337 e. The van der Waals surface area contributed by atoms with Crippen LogP contribution in [0.4, 0.5) is 0 Å². The van der Waals surface area contributed by atoms with Gasteiger partial charge in [-0.2, -0.15) is 5.10 Å². The highest BCUT2D eigenvalue weighted by Gasteiger charge is 2.08. The molecule has 0 atom stereocenters. The topological polar surface area (TPSA) is 73.2 Å². The molecule has 0 fully saturated rings. The van der Waals surface area contributed by atoms with Gasteiger partial charge in [-0.15, -0.1) is 0 Å². The molecule has 22 heavy (non-hydrogen) atoms. The van der Waals surface area contributed by atoms with Crippen molar-refractivity contribution in [2.24, 2.45) is 0 Å². The van der Waals surface area contributed by atoms with Gasteiger partial charge in [0.2, 0.25) is 0 Å². The van der Waals surface area contributed by atoms with E-state index in [-0.39, 0.29) is 5.91 Å². The SMILES string of the molecule is COC(=O)c1ccc(C(=O)NCCCn2cc(Br)cn2)cc1. The second kappa shape index (κ2) is 7.74. The normalized spacial score (nSPS) is 10.3. The highest BCUT2D eigenvalue weighted by molar-refractivity contribution is 9.10. The molecular formula is C15H16BrN3O3. The number of nitrogens with zero attached hydrogens (tertiary/aromatic N) is 2. The Morgan fingerprint density at radius 3 is 2.55 bits per heavy atom. The minimum absolute atomic E-state index is 0.168. The monoisotopic (exact) mass is 365 g/mol. The lowest BCUT2D eigenvalue weighted by molar-refractivity contribution is 0.0600. The Kier molecular flexibility index (Phi) is 5.71. The number of rotatable bonds is 6. The van der Waals surface area contributed by atoms with E-state index in [9.17, 15) is 9.59 Å². The predicted molar refractivity (Wildman–Crippen MR) is 84.7 cm³/mol. The maximum absolute atomic E-state index is 12.0. The molecule has 0 unspecified atom stereocenters. The van der Waals surface area contributed by atoms with Crippen molar-refractivity contribution in [3.8, 4) is 0 Å². The Bertz CT molecular complexity index is 652. The zero-order valence-electron chi connectivity index (χ0n) is 12.1. The summed E-state index contributed by atoms with van der Waals surface area (Å²) in [7, 11) is 1.32. The first-order valence-corrected chi connectivity index (χ1v) is 7.54. The predicted octanol–water partition coefficient (Wildman–Crippen LogP) is 2.25. The quantitative estimate of drug-likeness (QED) is 0.629. The minimum Gasteiger partial charge on any atom is -0.465 e. The third kappa shape index (κ3) is 4.42. The van der Waals surface area contributed by atoms with Crippen LogP contribution in [0.3, 0.4) is 0 Å². The fourth-order valence-electron chi connectivity index (χ4n) is 1.88. The second-order valence-electron chi connectivity index (χ2n) is 4.60. The fourth-order valence-corrected chi connectivity index (χ4v) is 2.21. The van der Waals surface area contributed by atoms with Gasteiger partial charge in [0.1, 0.15) is 0 Å². The van der Waals surface area contributed by atoms with Crippen molar-refractivity contribution < 1.29 is 14.3 Å². The number of methoxy groups -OCH3 is 1. The van der Waals surface area contributed by atoms with Crippen molar-refractivity contribution in [1.82, 2.24) is 15.1 Å². The van der Waals surface area contributed by atoms with E-state index in [0.29, 0.717) is 17.7 Å². The number of carbonyl (C=O) groups excluding carboxylic acids is 2. The van der Waals surface area contributed by atoms with E-state index in [1.807, 2.05) is 6.20 Å². The van der Waals surface area contributed by atoms with Crippen LogP contribution in [-0.4, -0.2) is 35.3 Å². The van der Waals surface area contributed by atoms with Gasteiger partial charge in [0.15, 0.2) is 0 Å². The Labute approximate surface area is 136 Å². The van der Waals surface area contributed by atoms with Gasteiger partial charge in [0, 0.05) is 24.8 Å². The average molecular weight is 366 g/mol. The van der Waals surface area contributed by atoms with Crippen LogP contribution in [-0.2, 0) is 11.3 Å². The number of amides is 1. The Morgan fingerprint density at radius 2 is 1.95 bits per heavy atom. The van der Waals surface area contributed by atoms with Gasteiger partial charge in [-0.3, -0.25) is 9.48 Å². The molecule has 2 rings (SSSR count). The third-order valence-electron chi connectivity index (χ3n) is 3.02. The Morgan fingerprint density at radius 1 is 1.27 bits per heavy atom. The zero-order chi connectivity index (χ0) is 15.9. The molecule has 0 bridgehead atoms. The first-order valence-electron chi connectivity index (χ1n) is 6.74. The third-order valence-corrected chi connectivity index (χ3v) is 3.43. The number of hydrogen-bond donors (Lipinski definition) is 1. The van der Waals surface area contributed by atoms with Crippen LogP contribution in [0.5, 0.6) is 0 Å². The molecule has 0 aliphatic heterocycles. The van der Waals surface area contributed by atoms with Crippen LogP contribution < -0.4 is 5.32 Å². The molecule has 2 aromatic rings. The highest BCUT2D eigenvalue weighted by atomic mass is 79.9. The van der Waals surface area contributed by atoms with Crippen molar-refractivity contribution >= 4 is 27.8 Å². The number of halogens is 1. The molecule has 1 N–H and O–H groups in total. The van der Waals surface area contributed by atoms with E-state index in [1.54, 1.807) is 35.1 Å². The molecule has 0 saturated heterocycles. The van der Waals surface area contributed by atoms with E-state index >= 15 is 0 Å². The standard InChI is InChI=1S/C15H16BrN3O3/c1-22-15(21)12-5-3-11(4-6-12)14(20)17-7-2-8-19-10-13(16)9-18-19/h3-6,9-10H,2,7-8H2,1H3,(H,17,20). The molecule has 0 spiro atoms. The molecule has 1 aromatic heterocycles. The number of aromatic nitrogens is 2. The van der Waals surface area contributed by atoms with Crippen LogP contribution in [0.25, 0.3) is 0 Å². The van der Waals surface area contributed by atoms with Gasteiger partial charge in [-0.1, -0.05) is 0 Å². The molecule has 1 heterocycles. The summed E-state index contributed by atoms with van der Waals surface area (Å²) in [5, 5.41) is 6.97. The van der Waals surface area contributed by atoms with Gasteiger partial charge in [-0.05, 0) is 46.6 Å². The summed E-state index contributed by atoms with van der Waals surface area (Å²) in [6.45, 7) is 1.28. The number of esters is 1. The fraction of sp³-hybridized carbons (Fsp3) is 0.267. The van der Waals surface area contributed by atoms with Crippen molar-refractivity contribution in [3.05, 3.63) is 52.3 Å².